The Morgan fingerprint density at radius 2 is 1.39 bits per heavy atom. The van der Waals surface area contributed by atoms with Crippen LogP contribution in [-0.2, 0) is 34.8 Å². The van der Waals surface area contributed by atoms with Crippen LogP contribution < -0.4 is 11.5 Å². The number of rotatable bonds is 9. The number of benzene rings is 2. The number of hydrogen-bond acceptors (Lipinski definition) is 10. The summed E-state index contributed by atoms with van der Waals surface area (Å²) in [6.07, 6.45) is 7.92. The Labute approximate surface area is 260 Å². The lowest BCUT2D eigenvalue weighted by molar-refractivity contribution is -0.162. The molecule has 2 unspecified atom stereocenters. The molecule has 44 heavy (non-hydrogen) atoms. The van der Waals surface area contributed by atoms with E-state index in [2.05, 4.69) is 11.8 Å². The second-order valence-electron chi connectivity index (χ2n) is 10.8. The minimum Gasteiger partial charge on any atom is -0.465 e. The van der Waals surface area contributed by atoms with Crippen LogP contribution in [0.4, 0.5) is 11.4 Å². The lowest BCUT2D eigenvalue weighted by Crippen LogP contribution is -2.22. The lowest BCUT2D eigenvalue weighted by atomic mass is 9.99. The fraction of sp³-hybridized carbons (Fsp3) is 0.529. The number of anilines is 2. The molecular formula is C34H46N2O8. The first-order valence-electron chi connectivity index (χ1n) is 15.1. The smallest absolute Gasteiger partial charge is 0.339 e. The van der Waals surface area contributed by atoms with Gasteiger partial charge in [-0.05, 0) is 106 Å². The van der Waals surface area contributed by atoms with Gasteiger partial charge in [0.15, 0.2) is 12.6 Å². The van der Waals surface area contributed by atoms with Gasteiger partial charge >= 0.3 is 11.9 Å². The van der Waals surface area contributed by atoms with E-state index in [9.17, 15) is 9.59 Å². The molecule has 10 heteroatoms. The summed E-state index contributed by atoms with van der Waals surface area (Å²) in [6.45, 7) is 6.39. The van der Waals surface area contributed by atoms with Crippen molar-refractivity contribution in [2.45, 2.75) is 77.8 Å². The third-order valence-corrected chi connectivity index (χ3v) is 7.45. The highest BCUT2D eigenvalue weighted by atomic mass is 16.7. The van der Waals surface area contributed by atoms with E-state index in [1.54, 1.807) is 12.1 Å². The number of esters is 2. The first-order chi connectivity index (χ1) is 21.2. The standard InChI is InChI=1S/C17H25NO4.C17H21NO4/c2*1-12-10-15(18)14(17(19)20-2)11-13(12)6-5-9-22-16-7-3-4-8-21-16/h10-11,16H,3-9,18H2,1-2H3;10-11,16H,3-4,7-9,18H2,1-2H3. The summed E-state index contributed by atoms with van der Waals surface area (Å²) in [7, 11) is 2.68. The molecule has 4 rings (SSSR count). The topological polar surface area (TPSA) is 142 Å². The number of hydrogen-bond donors (Lipinski definition) is 2. The summed E-state index contributed by atoms with van der Waals surface area (Å²) in [4.78, 5) is 23.3. The molecule has 2 aliphatic rings. The van der Waals surface area contributed by atoms with Gasteiger partial charge in [-0.1, -0.05) is 11.8 Å². The van der Waals surface area contributed by atoms with Gasteiger partial charge in [0.1, 0.15) is 6.61 Å². The summed E-state index contributed by atoms with van der Waals surface area (Å²) in [6, 6.07) is 7.03. The third kappa shape index (κ3) is 10.8. The van der Waals surface area contributed by atoms with Crippen molar-refractivity contribution in [1.29, 1.82) is 0 Å². The van der Waals surface area contributed by atoms with Crippen LogP contribution in [0.1, 0.15) is 87.9 Å². The van der Waals surface area contributed by atoms with Crippen molar-refractivity contribution in [3.05, 3.63) is 57.6 Å². The molecule has 2 aliphatic heterocycles. The van der Waals surface area contributed by atoms with Gasteiger partial charge in [0, 0.05) is 30.2 Å². The van der Waals surface area contributed by atoms with E-state index in [1.807, 2.05) is 26.0 Å². The minimum atomic E-state index is -0.465. The summed E-state index contributed by atoms with van der Waals surface area (Å²) in [5.41, 5.74) is 17.1. The zero-order chi connectivity index (χ0) is 31.9. The van der Waals surface area contributed by atoms with Crippen LogP contribution in [0.25, 0.3) is 0 Å². The van der Waals surface area contributed by atoms with E-state index >= 15 is 0 Å². The molecule has 10 nitrogen and oxygen atoms in total. The number of carbonyl (C=O) groups is 2. The Kier molecular flexibility index (Phi) is 14.5. The molecule has 0 saturated carbocycles. The van der Waals surface area contributed by atoms with Gasteiger partial charge < -0.3 is 39.9 Å². The van der Waals surface area contributed by atoms with E-state index in [0.717, 1.165) is 80.4 Å². The number of carbonyl (C=O) groups excluding carboxylic acids is 2. The normalized spacial score (nSPS) is 17.8. The van der Waals surface area contributed by atoms with Gasteiger partial charge in [0.05, 0.1) is 32.0 Å². The van der Waals surface area contributed by atoms with Gasteiger partial charge in [-0.15, -0.1) is 0 Å². The van der Waals surface area contributed by atoms with Crippen molar-refractivity contribution < 1.29 is 38.0 Å². The monoisotopic (exact) mass is 610 g/mol. The van der Waals surface area contributed by atoms with Gasteiger partial charge in [-0.3, -0.25) is 0 Å². The number of methoxy groups -OCH3 is 2. The maximum atomic E-state index is 11.7. The van der Waals surface area contributed by atoms with E-state index in [0.29, 0.717) is 35.7 Å². The zero-order valence-corrected chi connectivity index (χ0v) is 26.4. The largest absolute Gasteiger partial charge is 0.465 e. The molecule has 240 valence electrons. The van der Waals surface area contributed by atoms with Crippen LogP contribution in [0, 0.1) is 25.7 Å². The van der Waals surface area contributed by atoms with Crippen molar-refractivity contribution in [1.82, 2.24) is 0 Å². The molecule has 2 aromatic rings. The SMILES string of the molecule is COC(=O)c1cc(C#CCOC2CCCCO2)c(C)cc1N.COC(=O)c1cc(CCCOC2CCCCO2)c(C)cc1N. The Morgan fingerprint density at radius 1 is 0.818 bits per heavy atom. The Balaban J connectivity index is 0.000000240. The fourth-order valence-electron chi connectivity index (χ4n) is 4.91. The van der Waals surface area contributed by atoms with E-state index < -0.39 is 11.9 Å². The maximum Gasteiger partial charge on any atom is 0.339 e. The summed E-state index contributed by atoms with van der Waals surface area (Å²) in [5, 5.41) is 0. The number of nitrogen functional groups attached to an aromatic ring is 2. The molecule has 2 aromatic carbocycles. The number of nitrogens with two attached hydrogens (primary N) is 2. The molecule has 4 N–H and O–H groups in total. The second-order valence-corrected chi connectivity index (χ2v) is 10.8. The molecule has 2 saturated heterocycles. The van der Waals surface area contributed by atoms with Crippen LogP contribution >= 0.6 is 0 Å². The van der Waals surface area contributed by atoms with Gasteiger partial charge in [0.25, 0.3) is 0 Å². The van der Waals surface area contributed by atoms with Gasteiger partial charge in [-0.25, -0.2) is 9.59 Å². The molecule has 2 fully saturated rings. The average Bonchev–Trinajstić information content (AvgIpc) is 3.03. The predicted octanol–water partition coefficient (Wildman–Crippen LogP) is 5.10. The van der Waals surface area contributed by atoms with Crippen molar-refractivity contribution in [2.24, 2.45) is 0 Å². The number of ether oxygens (including phenoxy) is 6. The van der Waals surface area contributed by atoms with E-state index in [4.69, 9.17) is 39.9 Å². The highest BCUT2D eigenvalue weighted by Gasteiger charge is 2.16. The molecule has 0 bridgehead atoms. The molecule has 2 atom stereocenters. The minimum absolute atomic E-state index is 0.0492. The highest BCUT2D eigenvalue weighted by Crippen LogP contribution is 2.22. The van der Waals surface area contributed by atoms with Gasteiger partial charge in [0.2, 0.25) is 0 Å². The molecule has 2 heterocycles. The van der Waals surface area contributed by atoms with Crippen LogP contribution in [0.15, 0.2) is 24.3 Å². The van der Waals surface area contributed by atoms with Crippen molar-refractivity contribution in [2.75, 3.05) is 52.1 Å². The average molecular weight is 611 g/mol. The summed E-state index contributed by atoms with van der Waals surface area (Å²) in [5.74, 6) is 5.09. The van der Waals surface area contributed by atoms with Crippen LogP contribution in [0.5, 0.6) is 0 Å². The summed E-state index contributed by atoms with van der Waals surface area (Å²) < 4.78 is 31.8. The third-order valence-electron chi connectivity index (χ3n) is 7.45. The Morgan fingerprint density at radius 3 is 1.95 bits per heavy atom. The molecule has 0 radical (unpaired) electrons. The van der Waals surface area contributed by atoms with Crippen molar-refractivity contribution in [3.8, 4) is 11.8 Å². The molecule has 0 aliphatic carbocycles. The summed E-state index contributed by atoms with van der Waals surface area (Å²) >= 11 is 0. The second kappa shape index (κ2) is 18.2. The molecular weight excluding hydrogens is 564 g/mol. The first-order valence-corrected chi connectivity index (χ1v) is 15.1. The van der Waals surface area contributed by atoms with Crippen LogP contribution in [0.3, 0.4) is 0 Å². The van der Waals surface area contributed by atoms with E-state index in [-0.39, 0.29) is 12.6 Å². The molecule has 0 amide bonds. The Bertz CT molecular complexity index is 1300. The Hall–Kier alpha value is -3.62. The van der Waals surface area contributed by atoms with Crippen molar-refractivity contribution >= 4 is 23.3 Å². The zero-order valence-electron chi connectivity index (χ0n) is 26.4. The molecule has 0 aromatic heterocycles. The lowest BCUT2D eigenvalue weighted by Gasteiger charge is -2.22. The number of aryl methyl sites for hydroxylation is 3. The maximum absolute atomic E-state index is 11.7. The van der Waals surface area contributed by atoms with Crippen molar-refractivity contribution in [3.63, 3.8) is 0 Å². The predicted molar refractivity (Wildman–Crippen MR) is 168 cm³/mol. The van der Waals surface area contributed by atoms with Gasteiger partial charge in [-0.2, -0.15) is 0 Å². The fourth-order valence-corrected chi connectivity index (χ4v) is 4.91. The van der Waals surface area contributed by atoms with Crippen LogP contribution in [0.2, 0.25) is 0 Å². The highest BCUT2D eigenvalue weighted by molar-refractivity contribution is 5.96. The van der Waals surface area contributed by atoms with Crippen LogP contribution in [-0.4, -0.2) is 65.2 Å². The first kappa shape index (κ1) is 34.9. The molecule has 0 spiro atoms. The quantitative estimate of drug-likeness (QED) is 0.170. The van der Waals surface area contributed by atoms with E-state index in [1.165, 1.54) is 20.6 Å².